The average Bonchev–Trinajstić information content (AvgIpc) is 2.56. The second-order valence-corrected chi connectivity index (χ2v) is 6.78. The number of hydrogen-bond donors (Lipinski definition) is 2. The van der Waals surface area contributed by atoms with Gasteiger partial charge in [0.15, 0.2) is 0 Å². The van der Waals surface area contributed by atoms with Crippen LogP contribution in [0.25, 0.3) is 10.9 Å². The van der Waals surface area contributed by atoms with Crippen molar-refractivity contribution in [2.45, 2.75) is 20.3 Å². The highest BCUT2D eigenvalue weighted by Gasteiger charge is 2.33. The third-order valence-electron chi connectivity index (χ3n) is 4.36. The number of rotatable bonds is 2. The number of nitrogens with zero attached hydrogens (tertiary/aromatic N) is 2. The number of pyridine rings is 2. The van der Waals surface area contributed by atoms with Crippen LogP contribution in [0.5, 0.6) is 0 Å². The lowest BCUT2D eigenvalue weighted by Gasteiger charge is -2.30. The quantitative estimate of drug-likeness (QED) is 0.752. The summed E-state index contributed by atoms with van der Waals surface area (Å²) in [4.78, 5) is 20.7. The van der Waals surface area contributed by atoms with Gasteiger partial charge in [-0.2, -0.15) is 0 Å². The minimum absolute atomic E-state index is 0.0699. The second-order valence-electron chi connectivity index (χ2n) is 6.78. The lowest BCUT2D eigenvalue weighted by atomic mass is 9.81. The zero-order valence-corrected chi connectivity index (χ0v) is 13.6. The molecule has 0 radical (unpaired) electrons. The molecule has 1 amide bonds. The van der Waals surface area contributed by atoms with Crippen LogP contribution in [0.15, 0.2) is 48.8 Å². The normalized spacial score (nSPS) is 15.7. The minimum atomic E-state index is -0.389. The van der Waals surface area contributed by atoms with Gasteiger partial charge in [0.2, 0.25) is 5.91 Å². The molecule has 2 N–H and O–H groups in total. The number of carbonyl (C=O) groups excluding carboxylic acids is 1. The summed E-state index contributed by atoms with van der Waals surface area (Å²) in [7, 11) is 0. The van der Waals surface area contributed by atoms with Crippen molar-refractivity contribution in [3.63, 3.8) is 0 Å². The molecule has 0 spiro atoms. The Balaban J connectivity index is 1.64. The maximum Gasteiger partial charge on any atom is 0.230 e. The Morgan fingerprint density at radius 1 is 1.17 bits per heavy atom. The summed E-state index contributed by atoms with van der Waals surface area (Å²) in [6.45, 7) is 3.93. The van der Waals surface area contributed by atoms with E-state index in [-0.39, 0.29) is 11.3 Å². The fourth-order valence-corrected chi connectivity index (χ4v) is 2.97. The molecule has 2 aromatic heterocycles. The van der Waals surface area contributed by atoms with Gasteiger partial charge in [0, 0.05) is 34.6 Å². The third kappa shape index (κ3) is 2.58. The third-order valence-corrected chi connectivity index (χ3v) is 4.36. The number of benzene rings is 1. The van der Waals surface area contributed by atoms with Gasteiger partial charge in [-0.25, -0.2) is 4.98 Å². The molecule has 0 atom stereocenters. The smallest absolute Gasteiger partial charge is 0.230 e. The van der Waals surface area contributed by atoms with Crippen LogP contribution in [0.3, 0.4) is 0 Å². The van der Waals surface area contributed by atoms with Crippen molar-refractivity contribution in [3.8, 4) is 0 Å². The summed E-state index contributed by atoms with van der Waals surface area (Å²) in [5.74, 6) is 0.855. The van der Waals surface area contributed by atoms with Gasteiger partial charge < -0.3 is 10.6 Å². The molecule has 3 aromatic rings. The first-order valence-electron chi connectivity index (χ1n) is 7.93. The molecule has 0 saturated carbocycles. The predicted molar refractivity (Wildman–Crippen MR) is 95.4 cm³/mol. The van der Waals surface area contributed by atoms with Gasteiger partial charge in [-0.15, -0.1) is 0 Å². The highest BCUT2D eigenvalue weighted by Crippen LogP contribution is 2.35. The highest BCUT2D eigenvalue weighted by molar-refractivity contribution is 5.98. The van der Waals surface area contributed by atoms with Crippen molar-refractivity contribution in [1.29, 1.82) is 0 Å². The lowest BCUT2D eigenvalue weighted by Crippen LogP contribution is -2.37. The molecule has 4 rings (SSSR count). The van der Waals surface area contributed by atoms with Gasteiger partial charge in [-0.1, -0.05) is 13.8 Å². The molecule has 1 aliphatic heterocycles. The van der Waals surface area contributed by atoms with E-state index < -0.39 is 0 Å². The van der Waals surface area contributed by atoms with Crippen LogP contribution in [-0.2, 0) is 11.2 Å². The van der Waals surface area contributed by atoms with Crippen LogP contribution in [0.4, 0.5) is 17.2 Å². The van der Waals surface area contributed by atoms with Crippen molar-refractivity contribution in [1.82, 2.24) is 9.97 Å². The van der Waals surface area contributed by atoms with E-state index in [9.17, 15) is 4.79 Å². The molecule has 0 bridgehead atoms. The Labute approximate surface area is 140 Å². The van der Waals surface area contributed by atoms with E-state index in [4.69, 9.17) is 0 Å². The van der Waals surface area contributed by atoms with Gasteiger partial charge in [0.05, 0.1) is 5.52 Å². The van der Waals surface area contributed by atoms with E-state index in [2.05, 4.69) is 26.7 Å². The first kappa shape index (κ1) is 14.6. The van der Waals surface area contributed by atoms with E-state index in [0.29, 0.717) is 0 Å². The predicted octanol–water partition coefficient (Wildman–Crippen LogP) is 3.89. The molecule has 1 aliphatic rings. The molecular formula is C19H18N4O. The SMILES string of the molecule is CC1(C)Cc2cc(Nc3ccc4cnccc4n3)ccc2NC1=O. The molecular weight excluding hydrogens is 300 g/mol. The number of nitrogens with one attached hydrogen (secondary N) is 2. The van der Waals surface area contributed by atoms with Gasteiger partial charge in [0.1, 0.15) is 5.82 Å². The largest absolute Gasteiger partial charge is 0.340 e. The summed E-state index contributed by atoms with van der Waals surface area (Å²) >= 11 is 0. The minimum Gasteiger partial charge on any atom is -0.340 e. The fraction of sp³-hybridized carbons (Fsp3) is 0.211. The highest BCUT2D eigenvalue weighted by atomic mass is 16.2. The first-order valence-corrected chi connectivity index (χ1v) is 7.93. The van der Waals surface area contributed by atoms with Crippen molar-refractivity contribution in [2.75, 3.05) is 10.6 Å². The molecule has 24 heavy (non-hydrogen) atoms. The van der Waals surface area contributed by atoms with Crippen molar-refractivity contribution >= 4 is 34.0 Å². The average molecular weight is 318 g/mol. The molecule has 5 nitrogen and oxygen atoms in total. The zero-order chi connectivity index (χ0) is 16.7. The summed E-state index contributed by atoms with van der Waals surface area (Å²) in [6, 6.07) is 11.8. The topological polar surface area (TPSA) is 66.9 Å². The van der Waals surface area contributed by atoms with Crippen LogP contribution in [0, 0.1) is 5.41 Å². The molecule has 5 heteroatoms. The van der Waals surface area contributed by atoms with Crippen molar-refractivity contribution in [3.05, 3.63) is 54.4 Å². The van der Waals surface area contributed by atoms with Crippen molar-refractivity contribution < 1.29 is 4.79 Å². The number of fused-ring (bicyclic) bond motifs is 2. The van der Waals surface area contributed by atoms with Crippen LogP contribution in [0.2, 0.25) is 0 Å². The summed E-state index contributed by atoms with van der Waals surface area (Å²) in [6.07, 6.45) is 4.26. The van der Waals surface area contributed by atoms with E-state index in [0.717, 1.165) is 40.1 Å². The van der Waals surface area contributed by atoms with Gasteiger partial charge in [-0.05, 0) is 48.4 Å². The number of amides is 1. The Hall–Kier alpha value is -2.95. The Morgan fingerprint density at radius 3 is 2.92 bits per heavy atom. The second kappa shape index (κ2) is 5.30. The Morgan fingerprint density at radius 2 is 2.04 bits per heavy atom. The molecule has 1 aromatic carbocycles. The van der Waals surface area contributed by atoms with Gasteiger partial charge >= 0.3 is 0 Å². The standard InChI is InChI=1S/C19H18N4O/c1-19(2)10-13-9-14(4-5-15(13)23-18(19)24)21-17-6-3-12-11-20-8-7-16(12)22-17/h3-9,11H,10H2,1-2H3,(H,21,22)(H,23,24). The molecule has 0 fully saturated rings. The van der Waals surface area contributed by atoms with Crippen LogP contribution < -0.4 is 10.6 Å². The van der Waals surface area contributed by atoms with E-state index in [1.807, 2.05) is 44.2 Å². The maximum absolute atomic E-state index is 12.0. The van der Waals surface area contributed by atoms with Crippen LogP contribution in [0.1, 0.15) is 19.4 Å². The first-order chi connectivity index (χ1) is 11.5. The van der Waals surface area contributed by atoms with Gasteiger partial charge in [-0.3, -0.25) is 9.78 Å². The monoisotopic (exact) mass is 318 g/mol. The molecule has 120 valence electrons. The summed E-state index contributed by atoms with van der Waals surface area (Å²) < 4.78 is 0. The zero-order valence-electron chi connectivity index (χ0n) is 13.6. The number of carbonyl (C=O) groups is 1. The number of hydrogen-bond acceptors (Lipinski definition) is 4. The maximum atomic E-state index is 12.0. The summed E-state index contributed by atoms with van der Waals surface area (Å²) in [5.41, 5.74) is 3.50. The Kier molecular flexibility index (Phi) is 3.23. The summed E-state index contributed by atoms with van der Waals surface area (Å²) in [5, 5.41) is 7.33. The molecule has 0 aliphatic carbocycles. The van der Waals surface area contributed by atoms with Gasteiger partial charge in [0.25, 0.3) is 0 Å². The molecule has 0 saturated heterocycles. The number of aromatic nitrogens is 2. The van der Waals surface area contributed by atoms with E-state index in [1.165, 1.54) is 0 Å². The molecule has 0 unspecified atom stereocenters. The lowest BCUT2D eigenvalue weighted by molar-refractivity contribution is -0.124. The number of anilines is 3. The van der Waals surface area contributed by atoms with Crippen molar-refractivity contribution in [2.24, 2.45) is 5.41 Å². The van der Waals surface area contributed by atoms with E-state index >= 15 is 0 Å². The van der Waals surface area contributed by atoms with Crippen LogP contribution in [-0.4, -0.2) is 15.9 Å². The Bertz CT molecular complexity index is 949. The fourth-order valence-electron chi connectivity index (χ4n) is 2.97. The van der Waals surface area contributed by atoms with E-state index in [1.54, 1.807) is 12.4 Å². The molecule has 3 heterocycles. The van der Waals surface area contributed by atoms with Crippen LogP contribution >= 0.6 is 0 Å².